The highest BCUT2D eigenvalue weighted by atomic mass is 35.5. The minimum Gasteiger partial charge on any atom is -0.351 e. The molecular weight excluding hydrogens is 388 g/mol. The first-order chi connectivity index (χ1) is 13.9. The highest BCUT2D eigenvalue weighted by Gasteiger charge is 2.36. The molecule has 2 aliphatic rings. The van der Waals surface area contributed by atoms with Gasteiger partial charge >= 0.3 is 0 Å². The third kappa shape index (κ3) is 4.32. The minimum absolute atomic E-state index is 0.170. The molecule has 2 heterocycles. The second kappa shape index (κ2) is 8.19. The normalized spacial score (nSPS) is 16.1. The van der Waals surface area contributed by atoms with E-state index in [1.54, 1.807) is 0 Å². The van der Waals surface area contributed by atoms with Gasteiger partial charge in [-0.15, -0.1) is 0 Å². The molecule has 7 heteroatoms. The van der Waals surface area contributed by atoms with Gasteiger partial charge < -0.3 is 14.8 Å². The number of halogens is 1. The van der Waals surface area contributed by atoms with Gasteiger partial charge in [0.1, 0.15) is 5.82 Å². The largest absolute Gasteiger partial charge is 0.351 e. The molecule has 0 unspecified atom stereocenters. The summed E-state index contributed by atoms with van der Waals surface area (Å²) >= 11 is 6.03. The number of aromatic nitrogens is 2. The molecular formula is C22H27ClN4O2. The van der Waals surface area contributed by atoms with Crippen LogP contribution in [0.4, 0.5) is 0 Å². The van der Waals surface area contributed by atoms with E-state index in [0.717, 1.165) is 36.3 Å². The highest BCUT2D eigenvalue weighted by molar-refractivity contribution is 6.30. The average molecular weight is 415 g/mol. The fourth-order valence-corrected chi connectivity index (χ4v) is 3.83. The van der Waals surface area contributed by atoms with Gasteiger partial charge in [-0.2, -0.15) is 0 Å². The zero-order valence-corrected chi connectivity index (χ0v) is 17.7. The van der Waals surface area contributed by atoms with Crippen LogP contribution in [0.1, 0.15) is 49.3 Å². The smallest absolute Gasteiger partial charge is 0.271 e. The molecule has 0 spiro atoms. The number of rotatable bonds is 6. The molecule has 1 fully saturated rings. The van der Waals surface area contributed by atoms with Gasteiger partial charge in [0.05, 0.1) is 12.2 Å². The minimum atomic E-state index is -0.171. The molecule has 1 N–H and O–H groups in total. The first kappa shape index (κ1) is 20.0. The lowest BCUT2D eigenvalue weighted by atomic mass is 10.1. The van der Waals surface area contributed by atoms with E-state index in [4.69, 9.17) is 16.6 Å². The zero-order chi connectivity index (χ0) is 20.5. The van der Waals surface area contributed by atoms with Crippen LogP contribution in [-0.2, 0) is 17.9 Å². The van der Waals surface area contributed by atoms with E-state index >= 15 is 0 Å². The summed E-state index contributed by atoms with van der Waals surface area (Å²) in [6, 6.07) is 7.49. The lowest BCUT2D eigenvalue weighted by Crippen LogP contribution is -2.40. The molecule has 0 bridgehead atoms. The molecule has 2 amide bonds. The van der Waals surface area contributed by atoms with Crippen molar-refractivity contribution in [3.05, 3.63) is 40.7 Å². The maximum Gasteiger partial charge on any atom is 0.271 e. The number of nitrogens with zero attached hydrogens (tertiary/aromatic N) is 3. The lowest BCUT2D eigenvalue weighted by molar-refractivity contribution is -0.134. The number of fused-ring (bicyclic) bond motifs is 1. The van der Waals surface area contributed by atoms with Gasteiger partial charge in [0.25, 0.3) is 5.91 Å². The number of amides is 2. The van der Waals surface area contributed by atoms with Crippen molar-refractivity contribution in [3.8, 4) is 11.4 Å². The van der Waals surface area contributed by atoms with Crippen LogP contribution in [0.15, 0.2) is 24.3 Å². The molecule has 2 aromatic rings. The summed E-state index contributed by atoms with van der Waals surface area (Å²) in [6.07, 6.45) is 2.87. The van der Waals surface area contributed by atoms with Gasteiger partial charge in [0, 0.05) is 36.1 Å². The fraction of sp³-hybridized carbons (Fsp3) is 0.500. The van der Waals surface area contributed by atoms with E-state index in [1.165, 1.54) is 0 Å². The summed E-state index contributed by atoms with van der Waals surface area (Å²) in [4.78, 5) is 32.1. The summed E-state index contributed by atoms with van der Waals surface area (Å²) in [5.74, 6) is 1.47. The monoisotopic (exact) mass is 414 g/mol. The average Bonchev–Trinajstić information content (AvgIpc) is 3.48. The molecule has 6 nitrogen and oxygen atoms in total. The van der Waals surface area contributed by atoms with Crippen LogP contribution in [-0.4, -0.2) is 39.4 Å². The van der Waals surface area contributed by atoms with Crippen molar-refractivity contribution in [1.82, 2.24) is 19.8 Å². The quantitative estimate of drug-likeness (QED) is 0.783. The molecule has 1 aromatic heterocycles. The predicted molar refractivity (Wildman–Crippen MR) is 113 cm³/mol. The predicted octanol–water partition coefficient (Wildman–Crippen LogP) is 3.73. The Morgan fingerprint density at radius 2 is 1.93 bits per heavy atom. The second-order valence-corrected chi connectivity index (χ2v) is 8.80. The van der Waals surface area contributed by atoms with E-state index in [-0.39, 0.29) is 17.7 Å². The molecule has 0 atom stereocenters. The van der Waals surface area contributed by atoms with Crippen LogP contribution in [0.5, 0.6) is 0 Å². The standard InChI is InChI=1S/C22H27ClN4O2/c1-14(2)9-10-24-21(28)19-18-13-26(22(29)16-3-4-16)11-12-27(18)20(25-19)15-5-7-17(23)8-6-15/h5-8,14,16H,3-4,9-13H2,1-2H3,(H,24,28). The van der Waals surface area contributed by atoms with Crippen LogP contribution < -0.4 is 5.32 Å². The van der Waals surface area contributed by atoms with Crippen molar-refractivity contribution >= 4 is 23.4 Å². The summed E-state index contributed by atoms with van der Waals surface area (Å²) < 4.78 is 2.08. The van der Waals surface area contributed by atoms with Crippen LogP contribution >= 0.6 is 11.6 Å². The van der Waals surface area contributed by atoms with Crippen molar-refractivity contribution in [2.24, 2.45) is 11.8 Å². The molecule has 1 aliphatic carbocycles. The van der Waals surface area contributed by atoms with E-state index in [9.17, 15) is 9.59 Å². The number of benzene rings is 1. The number of hydrogen-bond donors (Lipinski definition) is 1. The van der Waals surface area contributed by atoms with E-state index < -0.39 is 0 Å². The molecule has 1 saturated carbocycles. The highest BCUT2D eigenvalue weighted by Crippen LogP contribution is 2.33. The van der Waals surface area contributed by atoms with Crippen molar-refractivity contribution < 1.29 is 9.59 Å². The van der Waals surface area contributed by atoms with Gasteiger partial charge in [0.15, 0.2) is 5.69 Å². The number of carbonyl (C=O) groups is 2. The zero-order valence-electron chi connectivity index (χ0n) is 16.9. The third-order valence-corrected chi connectivity index (χ3v) is 5.82. The third-order valence-electron chi connectivity index (χ3n) is 5.57. The maximum absolute atomic E-state index is 12.9. The van der Waals surface area contributed by atoms with Crippen LogP contribution in [0.2, 0.25) is 5.02 Å². The van der Waals surface area contributed by atoms with Gasteiger partial charge in [-0.1, -0.05) is 25.4 Å². The lowest BCUT2D eigenvalue weighted by Gasteiger charge is -2.29. The molecule has 29 heavy (non-hydrogen) atoms. The number of carbonyl (C=O) groups excluding carboxylic acids is 2. The Balaban J connectivity index is 1.65. The first-order valence-corrected chi connectivity index (χ1v) is 10.7. The molecule has 1 aromatic carbocycles. The first-order valence-electron chi connectivity index (χ1n) is 10.4. The Bertz CT molecular complexity index is 916. The van der Waals surface area contributed by atoms with Crippen LogP contribution in [0.25, 0.3) is 11.4 Å². The summed E-state index contributed by atoms with van der Waals surface area (Å²) in [5.41, 5.74) is 2.16. The summed E-state index contributed by atoms with van der Waals surface area (Å²) in [7, 11) is 0. The summed E-state index contributed by atoms with van der Waals surface area (Å²) in [5, 5.41) is 3.65. The Kier molecular flexibility index (Phi) is 5.63. The van der Waals surface area contributed by atoms with E-state index in [2.05, 4.69) is 23.7 Å². The van der Waals surface area contributed by atoms with Crippen molar-refractivity contribution in [2.45, 2.75) is 46.2 Å². The van der Waals surface area contributed by atoms with Crippen molar-refractivity contribution in [1.29, 1.82) is 0 Å². The Morgan fingerprint density at radius 3 is 2.59 bits per heavy atom. The molecule has 0 saturated heterocycles. The van der Waals surface area contributed by atoms with Gasteiger partial charge in [-0.25, -0.2) is 4.98 Å². The Labute approximate surface area is 176 Å². The molecule has 4 rings (SSSR count). The fourth-order valence-electron chi connectivity index (χ4n) is 3.70. The SMILES string of the molecule is CC(C)CCNC(=O)c1nc(-c2ccc(Cl)cc2)n2c1CN(C(=O)C1CC1)CC2. The number of nitrogens with one attached hydrogen (secondary N) is 1. The van der Waals surface area contributed by atoms with Gasteiger partial charge in [-0.3, -0.25) is 9.59 Å². The van der Waals surface area contributed by atoms with Crippen molar-refractivity contribution in [2.75, 3.05) is 13.1 Å². The van der Waals surface area contributed by atoms with E-state index in [1.807, 2.05) is 29.2 Å². The topological polar surface area (TPSA) is 67.2 Å². The Morgan fingerprint density at radius 1 is 1.21 bits per heavy atom. The number of hydrogen-bond acceptors (Lipinski definition) is 3. The summed E-state index contributed by atoms with van der Waals surface area (Å²) in [6.45, 7) is 6.59. The molecule has 0 radical (unpaired) electrons. The van der Waals surface area contributed by atoms with Crippen LogP contribution in [0, 0.1) is 11.8 Å². The van der Waals surface area contributed by atoms with E-state index in [0.29, 0.717) is 42.8 Å². The van der Waals surface area contributed by atoms with Gasteiger partial charge in [-0.05, 0) is 49.4 Å². The molecule has 154 valence electrons. The Hall–Kier alpha value is -2.34. The van der Waals surface area contributed by atoms with Gasteiger partial charge in [0.2, 0.25) is 5.91 Å². The number of imidazole rings is 1. The molecule has 1 aliphatic heterocycles. The maximum atomic E-state index is 12.9. The van der Waals surface area contributed by atoms with Crippen molar-refractivity contribution in [3.63, 3.8) is 0 Å². The second-order valence-electron chi connectivity index (χ2n) is 8.36. The van der Waals surface area contributed by atoms with Crippen LogP contribution in [0.3, 0.4) is 0 Å².